The van der Waals surface area contributed by atoms with Gasteiger partial charge in [0.1, 0.15) is 0 Å². The number of rotatable bonds is 7. The van der Waals surface area contributed by atoms with Gasteiger partial charge in [0.2, 0.25) is 5.91 Å². The molecular formula is C19H26N4O3S. The molecule has 1 aromatic carbocycles. The second kappa shape index (κ2) is 9.66. The second-order valence-corrected chi connectivity index (χ2v) is 7.78. The maximum Gasteiger partial charge on any atom is 0.319 e. The molecule has 3 rings (SSSR count). The molecule has 27 heavy (non-hydrogen) atoms. The molecule has 7 nitrogen and oxygen atoms in total. The number of carbonyl (C=O) groups is 2. The minimum atomic E-state index is -0.258. The standard InChI is InChI=1S/C19H26N4O3S/c1-26-11-5-10-20-18(25)21-14-8-9-16-15(12-14)22-19(27-16)23-17(24)13-6-3-2-4-7-13/h8-9,12-13H,2-7,10-11H2,1H3,(H2,20,21,25)(H,22,23,24). The van der Waals surface area contributed by atoms with E-state index >= 15 is 0 Å². The van der Waals surface area contributed by atoms with Crippen molar-refractivity contribution < 1.29 is 14.3 Å². The van der Waals surface area contributed by atoms with Crippen LogP contribution in [0.2, 0.25) is 0 Å². The van der Waals surface area contributed by atoms with Gasteiger partial charge in [-0.15, -0.1) is 0 Å². The van der Waals surface area contributed by atoms with E-state index < -0.39 is 0 Å². The van der Waals surface area contributed by atoms with Crippen LogP contribution in [-0.4, -0.2) is 37.2 Å². The lowest BCUT2D eigenvalue weighted by Crippen LogP contribution is -2.29. The third-order valence-corrected chi connectivity index (χ3v) is 5.61. The zero-order valence-corrected chi connectivity index (χ0v) is 16.4. The summed E-state index contributed by atoms with van der Waals surface area (Å²) in [5.41, 5.74) is 1.43. The third kappa shape index (κ3) is 5.64. The van der Waals surface area contributed by atoms with Crippen molar-refractivity contribution in [2.24, 2.45) is 5.92 Å². The normalized spacial score (nSPS) is 14.9. The highest BCUT2D eigenvalue weighted by Gasteiger charge is 2.22. The van der Waals surface area contributed by atoms with Crippen molar-refractivity contribution in [1.82, 2.24) is 10.3 Å². The van der Waals surface area contributed by atoms with Crippen LogP contribution in [0.4, 0.5) is 15.6 Å². The van der Waals surface area contributed by atoms with Crippen LogP contribution < -0.4 is 16.0 Å². The molecule has 3 N–H and O–H groups in total. The molecule has 1 saturated carbocycles. The van der Waals surface area contributed by atoms with Gasteiger partial charge in [-0.2, -0.15) is 0 Å². The average molecular weight is 391 g/mol. The number of anilines is 2. The van der Waals surface area contributed by atoms with Crippen molar-refractivity contribution in [1.29, 1.82) is 0 Å². The van der Waals surface area contributed by atoms with E-state index in [0.29, 0.717) is 24.0 Å². The fourth-order valence-corrected chi connectivity index (χ4v) is 4.07. The Morgan fingerprint density at radius 1 is 1.22 bits per heavy atom. The predicted octanol–water partition coefficient (Wildman–Crippen LogP) is 3.97. The van der Waals surface area contributed by atoms with Crippen molar-refractivity contribution >= 4 is 44.3 Å². The number of urea groups is 1. The Morgan fingerprint density at radius 3 is 2.81 bits per heavy atom. The molecule has 2 aromatic rings. The van der Waals surface area contributed by atoms with E-state index in [2.05, 4.69) is 20.9 Å². The van der Waals surface area contributed by atoms with Crippen LogP contribution in [0.5, 0.6) is 0 Å². The molecular weight excluding hydrogens is 364 g/mol. The van der Waals surface area contributed by atoms with E-state index in [1.807, 2.05) is 18.2 Å². The monoisotopic (exact) mass is 390 g/mol. The van der Waals surface area contributed by atoms with Crippen molar-refractivity contribution in [2.45, 2.75) is 38.5 Å². The molecule has 1 aliphatic carbocycles. The summed E-state index contributed by atoms with van der Waals surface area (Å²) in [6, 6.07) is 5.30. The summed E-state index contributed by atoms with van der Waals surface area (Å²) in [7, 11) is 1.63. The zero-order valence-electron chi connectivity index (χ0n) is 15.5. The number of carbonyl (C=O) groups excluding carboxylic acids is 2. The van der Waals surface area contributed by atoms with E-state index in [9.17, 15) is 9.59 Å². The minimum Gasteiger partial charge on any atom is -0.385 e. The Bertz CT molecular complexity index is 786. The van der Waals surface area contributed by atoms with Gasteiger partial charge >= 0.3 is 6.03 Å². The van der Waals surface area contributed by atoms with Gasteiger partial charge in [0.05, 0.1) is 10.2 Å². The van der Waals surface area contributed by atoms with Crippen LogP contribution in [0.25, 0.3) is 10.2 Å². The minimum absolute atomic E-state index is 0.0718. The van der Waals surface area contributed by atoms with Crippen LogP contribution in [0.15, 0.2) is 18.2 Å². The number of fused-ring (bicyclic) bond motifs is 1. The molecule has 0 aliphatic heterocycles. The van der Waals surface area contributed by atoms with Crippen LogP contribution in [0.1, 0.15) is 38.5 Å². The Hall–Kier alpha value is -2.19. The van der Waals surface area contributed by atoms with Gasteiger partial charge in [0.15, 0.2) is 5.13 Å². The fraction of sp³-hybridized carbons (Fsp3) is 0.526. The fourth-order valence-electron chi connectivity index (χ4n) is 3.22. The van der Waals surface area contributed by atoms with Crippen LogP contribution >= 0.6 is 11.3 Å². The first kappa shape index (κ1) is 19.6. The molecule has 0 atom stereocenters. The van der Waals surface area contributed by atoms with Crippen LogP contribution in [0, 0.1) is 5.92 Å². The zero-order chi connectivity index (χ0) is 19.1. The van der Waals surface area contributed by atoms with E-state index in [1.54, 1.807) is 7.11 Å². The maximum absolute atomic E-state index is 12.4. The van der Waals surface area contributed by atoms with Gasteiger partial charge in [0, 0.05) is 31.9 Å². The van der Waals surface area contributed by atoms with Gasteiger partial charge in [0.25, 0.3) is 0 Å². The Kier molecular flexibility index (Phi) is 7.00. The van der Waals surface area contributed by atoms with Gasteiger partial charge in [-0.3, -0.25) is 4.79 Å². The van der Waals surface area contributed by atoms with Crippen molar-refractivity contribution in [3.05, 3.63) is 18.2 Å². The summed E-state index contributed by atoms with van der Waals surface area (Å²) in [6.45, 7) is 1.16. The summed E-state index contributed by atoms with van der Waals surface area (Å²) in [4.78, 5) is 28.8. The molecule has 146 valence electrons. The number of methoxy groups -OCH3 is 1. The molecule has 1 heterocycles. The van der Waals surface area contributed by atoms with Crippen molar-refractivity contribution in [3.8, 4) is 0 Å². The quantitative estimate of drug-likeness (QED) is 0.624. The second-order valence-electron chi connectivity index (χ2n) is 6.75. The molecule has 3 amide bonds. The van der Waals surface area contributed by atoms with Crippen LogP contribution in [0.3, 0.4) is 0 Å². The molecule has 1 fully saturated rings. The number of hydrogen-bond acceptors (Lipinski definition) is 5. The number of aromatic nitrogens is 1. The Balaban J connectivity index is 1.57. The largest absolute Gasteiger partial charge is 0.385 e. The first-order valence-electron chi connectivity index (χ1n) is 9.41. The molecule has 0 saturated heterocycles. The third-order valence-electron chi connectivity index (χ3n) is 4.66. The molecule has 0 bridgehead atoms. The first-order valence-corrected chi connectivity index (χ1v) is 10.2. The van der Waals surface area contributed by atoms with Gasteiger partial charge < -0.3 is 20.7 Å². The number of nitrogens with one attached hydrogen (secondary N) is 3. The molecule has 0 spiro atoms. The van der Waals surface area contributed by atoms with E-state index in [0.717, 1.165) is 42.3 Å². The predicted molar refractivity (Wildman–Crippen MR) is 108 cm³/mol. The number of thiazole rings is 1. The Morgan fingerprint density at radius 2 is 2.04 bits per heavy atom. The number of benzene rings is 1. The highest BCUT2D eigenvalue weighted by Crippen LogP contribution is 2.30. The summed E-state index contributed by atoms with van der Waals surface area (Å²) in [5.74, 6) is 0.173. The number of ether oxygens (including phenoxy) is 1. The number of amides is 3. The molecule has 1 aromatic heterocycles. The number of hydrogen-bond donors (Lipinski definition) is 3. The molecule has 0 radical (unpaired) electrons. The lowest BCUT2D eigenvalue weighted by atomic mass is 9.89. The maximum atomic E-state index is 12.4. The van der Waals surface area contributed by atoms with E-state index in [1.165, 1.54) is 17.8 Å². The highest BCUT2D eigenvalue weighted by atomic mass is 32.1. The summed E-state index contributed by atoms with van der Waals surface area (Å²) in [6.07, 6.45) is 6.16. The average Bonchev–Trinajstić information content (AvgIpc) is 3.07. The lowest BCUT2D eigenvalue weighted by Gasteiger charge is -2.19. The van der Waals surface area contributed by atoms with Gasteiger partial charge in [-0.1, -0.05) is 30.6 Å². The SMILES string of the molecule is COCCCNC(=O)Nc1ccc2sc(NC(=O)C3CCCCC3)nc2c1. The van der Waals surface area contributed by atoms with E-state index in [4.69, 9.17) is 4.74 Å². The number of nitrogens with zero attached hydrogens (tertiary/aromatic N) is 1. The van der Waals surface area contributed by atoms with E-state index in [-0.39, 0.29) is 17.9 Å². The smallest absolute Gasteiger partial charge is 0.319 e. The summed E-state index contributed by atoms with van der Waals surface area (Å²) < 4.78 is 5.92. The highest BCUT2D eigenvalue weighted by molar-refractivity contribution is 7.22. The topological polar surface area (TPSA) is 92.4 Å². The first-order chi connectivity index (χ1) is 13.2. The Labute approximate surface area is 162 Å². The molecule has 8 heteroatoms. The van der Waals surface area contributed by atoms with Gasteiger partial charge in [-0.05, 0) is 37.5 Å². The molecule has 0 unspecified atom stereocenters. The summed E-state index contributed by atoms with van der Waals surface area (Å²) in [5, 5.41) is 9.15. The van der Waals surface area contributed by atoms with Crippen molar-refractivity contribution in [3.63, 3.8) is 0 Å². The van der Waals surface area contributed by atoms with Gasteiger partial charge in [-0.25, -0.2) is 9.78 Å². The van der Waals surface area contributed by atoms with Crippen LogP contribution in [-0.2, 0) is 9.53 Å². The summed E-state index contributed by atoms with van der Waals surface area (Å²) >= 11 is 1.45. The lowest BCUT2D eigenvalue weighted by molar-refractivity contribution is -0.120. The van der Waals surface area contributed by atoms with Crippen molar-refractivity contribution in [2.75, 3.05) is 30.9 Å². The molecule has 1 aliphatic rings.